The molecule has 2 rings (SSSR count). The van der Waals surface area contributed by atoms with Crippen LogP contribution in [0.25, 0.3) is 0 Å². The predicted octanol–water partition coefficient (Wildman–Crippen LogP) is 1.43. The average molecular weight is 283 g/mol. The molecule has 4 heteroatoms. The van der Waals surface area contributed by atoms with Crippen LogP contribution in [0.15, 0.2) is 0 Å². The van der Waals surface area contributed by atoms with Gasteiger partial charge in [-0.05, 0) is 45.6 Å². The molecule has 0 spiro atoms. The fourth-order valence-corrected chi connectivity index (χ4v) is 3.56. The van der Waals surface area contributed by atoms with Crippen molar-refractivity contribution in [1.82, 2.24) is 9.80 Å². The SMILES string of the molecule is CC(O)(CN)CCCCN1CCN(C2CCCC2)CC1. The molecular weight excluding hydrogens is 250 g/mol. The fourth-order valence-electron chi connectivity index (χ4n) is 3.56. The Kier molecular flexibility index (Phi) is 6.27. The minimum Gasteiger partial charge on any atom is -0.389 e. The third kappa shape index (κ3) is 4.99. The number of aliphatic hydroxyl groups is 1. The minimum atomic E-state index is -0.666. The summed E-state index contributed by atoms with van der Waals surface area (Å²) >= 11 is 0. The maximum atomic E-state index is 9.87. The van der Waals surface area contributed by atoms with E-state index in [1.165, 1.54) is 64.8 Å². The van der Waals surface area contributed by atoms with Crippen LogP contribution in [0.4, 0.5) is 0 Å². The summed E-state index contributed by atoms with van der Waals surface area (Å²) in [6.45, 7) is 8.35. The van der Waals surface area contributed by atoms with E-state index in [2.05, 4.69) is 9.80 Å². The number of nitrogens with two attached hydrogens (primary N) is 1. The van der Waals surface area contributed by atoms with Crippen molar-refractivity contribution >= 4 is 0 Å². The van der Waals surface area contributed by atoms with Crippen molar-refractivity contribution in [2.45, 2.75) is 63.5 Å². The van der Waals surface area contributed by atoms with Gasteiger partial charge in [0, 0.05) is 38.8 Å². The van der Waals surface area contributed by atoms with Crippen molar-refractivity contribution < 1.29 is 5.11 Å². The van der Waals surface area contributed by atoms with E-state index in [-0.39, 0.29) is 0 Å². The Labute approximate surface area is 124 Å². The quantitative estimate of drug-likeness (QED) is 0.694. The summed E-state index contributed by atoms with van der Waals surface area (Å²) in [5.74, 6) is 0. The molecule has 0 radical (unpaired) electrons. The van der Waals surface area contributed by atoms with Crippen LogP contribution in [0, 0.1) is 0 Å². The summed E-state index contributed by atoms with van der Waals surface area (Å²) < 4.78 is 0. The third-order valence-electron chi connectivity index (χ3n) is 5.13. The summed E-state index contributed by atoms with van der Waals surface area (Å²) in [6, 6.07) is 0.886. The van der Waals surface area contributed by atoms with Gasteiger partial charge in [0.2, 0.25) is 0 Å². The lowest BCUT2D eigenvalue weighted by molar-refractivity contribution is 0.0545. The van der Waals surface area contributed by atoms with Crippen LogP contribution in [0.3, 0.4) is 0 Å². The van der Waals surface area contributed by atoms with Crippen molar-refractivity contribution in [1.29, 1.82) is 0 Å². The predicted molar refractivity (Wildman–Crippen MR) is 83.8 cm³/mol. The van der Waals surface area contributed by atoms with Crippen LogP contribution < -0.4 is 5.73 Å². The molecule has 1 saturated carbocycles. The Balaban J connectivity index is 1.55. The molecule has 1 saturated heterocycles. The molecule has 118 valence electrons. The van der Waals surface area contributed by atoms with Gasteiger partial charge in [0.1, 0.15) is 0 Å². The van der Waals surface area contributed by atoms with Crippen LogP contribution in [-0.2, 0) is 0 Å². The summed E-state index contributed by atoms with van der Waals surface area (Å²) in [7, 11) is 0. The van der Waals surface area contributed by atoms with Gasteiger partial charge in [-0.15, -0.1) is 0 Å². The van der Waals surface area contributed by atoms with Gasteiger partial charge in [0.15, 0.2) is 0 Å². The first-order chi connectivity index (χ1) is 9.61. The standard InChI is InChI=1S/C16H33N3O/c1-16(20,14-17)8-4-5-9-18-10-12-19(13-11-18)15-6-2-3-7-15/h15,20H,2-14,17H2,1H3. The van der Waals surface area contributed by atoms with E-state index in [1.54, 1.807) is 0 Å². The third-order valence-corrected chi connectivity index (χ3v) is 5.13. The monoisotopic (exact) mass is 283 g/mol. The van der Waals surface area contributed by atoms with Crippen molar-refractivity contribution in [2.24, 2.45) is 5.73 Å². The van der Waals surface area contributed by atoms with Gasteiger partial charge in [-0.3, -0.25) is 4.90 Å². The van der Waals surface area contributed by atoms with Crippen LogP contribution in [0.2, 0.25) is 0 Å². The summed E-state index contributed by atoms with van der Waals surface area (Å²) in [5.41, 5.74) is 4.87. The first-order valence-electron chi connectivity index (χ1n) is 8.49. The van der Waals surface area contributed by atoms with E-state index in [1.807, 2.05) is 6.92 Å². The summed E-state index contributed by atoms with van der Waals surface area (Å²) in [4.78, 5) is 5.30. The number of piperazine rings is 1. The first-order valence-corrected chi connectivity index (χ1v) is 8.49. The van der Waals surface area contributed by atoms with Gasteiger partial charge in [0.05, 0.1) is 5.60 Å². The largest absolute Gasteiger partial charge is 0.389 e. The highest BCUT2D eigenvalue weighted by Gasteiger charge is 2.25. The molecule has 1 unspecified atom stereocenters. The Hall–Kier alpha value is -0.160. The molecular formula is C16H33N3O. The zero-order valence-electron chi connectivity index (χ0n) is 13.2. The second kappa shape index (κ2) is 7.74. The maximum Gasteiger partial charge on any atom is 0.0741 e. The van der Waals surface area contributed by atoms with E-state index in [4.69, 9.17) is 5.73 Å². The Morgan fingerprint density at radius 1 is 1.10 bits per heavy atom. The molecule has 0 bridgehead atoms. The molecule has 2 fully saturated rings. The molecule has 1 aliphatic carbocycles. The number of hydrogen-bond acceptors (Lipinski definition) is 4. The normalized spacial score (nSPS) is 25.9. The molecule has 1 atom stereocenters. The first kappa shape index (κ1) is 16.2. The topological polar surface area (TPSA) is 52.7 Å². The highest BCUT2D eigenvalue weighted by atomic mass is 16.3. The number of nitrogens with zero attached hydrogens (tertiary/aromatic N) is 2. The lowest BCUT2D eigenvalue weighted by Crippen LogP contribution is -2.49. The van der Waals surface area contributed by atoms with Gasteiger partial charge in [-0.25, -0.2) is 0 Å². The van der Waals surface area contributed by atoms with E-state index in [9.17, 15) is 5.11 Å². The fraction of sp³-hybridized carbons (Fsp3) is 1.00. The van der Waals surface area contributed by atoms with Crippen molar-refractivity contribution in [3.8, 4) is 0 Å². The molecule has 1 heterocycles. The van der Waals surface area contributed by atoms with Crippen molar-refractivity contribution in [3.05, 3.63) is 0 Å². The molecule has 20 heavy (non-hydrogen) atoms. The van der Waals surface area contributed by atoms with Gasteiger partial charge < -0.3 is 15.7 Å². The molecule has 0 amide bonds. The zero-order valence-corrected chi connectivity index (χ0v) is 13.2. The van der Waals surface area contributed by atoms with Gasteiger partial charge >= 0.3 is 0 Å². The number of hydrogen-bond donors (Lipinski definition) is 2. The Bertz CT molecular complexity index is 269. The molecule has 1 aliphatic heterocycles. The van der Waals surface area contributed by atoms with E-state index < -0.39 is 5.60 Å². The Morgan fingerprint density at radius 2 is 1.75 bits per heavy atom. The van der Waals surface area contributed by atoms with Crippen LogP contribution >= 0.6 is 0 Å². The highest BCUT2D eigenvalue weighted by molar-refractivity contribution is 4.82. The maximum absolute atomic E-state index is 9.87. The van der Waals surface area contributed by atoms with Gasteiger partial charge in [0.25, 0.3) is 0 Å². The number of unbranched alkanes of at least 4 members (excludes halogenated alkanes) is 1. The molecule has 4 nitrogen and oxygen atoms in total. The smallest absolute Gasteiger partial charge is 0.0741 e. The molecule has 3 N–H and O–H groups in total. The summed E-state index contributed by atoms with van der Waals surface area (Å²) in [5, 5.41) is 9.87. The highest BCUT2D eigenvalue weighted by Crippen LogP contribution is 2.24. The molecule has 0 aromatic rings. The number of rotatable bonds is 7. The van der Waals surface area contributed by atoms with Crippen molar-refractivity contribution in [3.63, 3.8) is 0 Å². The van der Waals surface area contributed by atoms with Crippen LogP contribution in [0.5, 0.6) is 0 Å². The van der Waals surface area contributed by atoms with Gasteiger partial charge in [-0.1, -0.05) is 12.8 Å². The second-order valence-corrected chi connectivity index (χ2v) is 6.97. The van der Waals surface area contributed by atoms with Crippen LogP contribution in [0.1, 0.15) is 51.9 Å². The average Bonchev–Trinajstić information content (AvgIpc) is 2.98. The molecule has 0 aromatic carbocycles. The van der Waals surface area contributed by atoms with Crippen LogP contribution in [-0.4, -0.2) is 65.8 Å². The Morgan fingerprint density at radius 3 is 2.35 bits per heavy atom. The van der Waals surface area contributed by atoms with E-state index in [0.29, 0.717) is 6.54 Å². The van der Waals surface area contributed by atoms with Gasteiger partial charge in [-0.2, -0.15) is 0 Å². The van der Waals surface area contributed by atoms with E-state index >= 15 is 0 Å². The second-order valence-electron chi connectivity index (χ2n) is 6.97. The molecule has 0 aromatic heterocycles. The zero-order chi connectivity index (χ0) is 14.4. The van der Waals surface area contributed by atoms with E-state index in [0.717, 1.165) is 18.9 Å². The molecule has 2 aliphatic rings. The summed E-state index contributed by atoms with van der Waals surface area (Å²) in [6.07, 6.45) is 8.80. The minimum absolute atomic E-state index is 0.368. The van der Waals surface area contributed by atoms with Crippen molar-refractivity contribution in [2.75, 3.05) is 39.3 Å². The lowest BCUT2D eigenvalue weighted by Gasteiger charge is -2.38. The lowest BCUT2D eigenvalue weighted by atomic mass is 9.99.